The zero-order valence-electron chi connectivity index (χ0n) is 11.2. The van der Waals surface area contributed by atoms with Crippen LogP contribution in [0.4, 0.5) is 5.82 Å². The van der Waals surface area contributed by atoms with Gasteiger partial charge >= 0.3 is 0 Å². The summed E-state index contributed by atoms with van der Waals surface area (Å²) in [6.45, 7) is 3.38. The summed E-state index contributed by atoms with van der Waals surface area (Å²) in [5, 5.41) is 15.1. The quantitative estimate of drug-likeness (QED) is 0.817. The first kappa shape index (κ1) is 13.8. The Labute approximate surface area is 116 Å². The van der Waals surface area contributed by atoms with E-state index in [2.05, 4.69) is 22.3 Å². The predicted molar refractivity (Wildman–Crippen MR) is 74.3 cm³/mol. The van der Waals surface area contributed by atoms with Crippen molar-refractivity contribution in [2.45, 2.75) is 13.8 Å². The van der Waals surface area contributed by atoms with E-state index in [-0.39, 0.29) is 12.5 Å². The van der Waals surface area contributed by atoms with Crippen molar-refractivity contribution in [2.75, 3.05) is 11.9 Å². The highest BCUT2D eigenvalue weighted by Crippen LogP contribution is 2.14. The number of rotatable bonds is 2. The maximum absolute atomic E-state index is 12.2. The van der Waals surface area contributed by atoms with E-state index in [1.165, 1.54) is 0 Å². The van der Waals surface area contributed by atoms with E-state index in [0.717, 1.165) is 5.56 Å². The molecule has 1 heterocycles. The number of carbonyl (C=O) groups is 1. The molecule has 102 valence electrons. The lowest BCUT2D eigenvalue weighted by Gasteiger charge is -2.05. The highest BCUT2D eigenvalue weighted by Gasteiger charge is 2.12. The standard InChI is InChI=1S/C15H14N2O3/c1-10-5-6-12(4-3-7-18)13(8-10)15(19)16-14-9-11(2)20-17-14/h5-6,8-9,18H,7H2,1-2H3,(H,16,17,19). The maximum Gasteiger partial charge on any atom is 0.258 e. The average Bonchev–Trinajstić information content (AvgIpc) is 2.82. The Morgan fingerprint density at radius 1 is 1.40 bits per heavy atom. The Balaban J connectivity index is 2.30. The molecule has 2 rings (SSSR count). The maximum atomic E-state index is 12.2. The van der Waals surface area contributed by atoms with Gasteiger partial charge in [-0.25, -0.2) is 0 Å². The van der Waals surface area contributed by atoms with Crippen LogP contribution in [-0.4, -0.2) is 22.8 Å². The first-order valence-corrected chi connectivity index (χ1v) is 6.05. The van der Waals surface area contributed by atoms with E-state index < -0.39 is 0 Å². The number of carbonyl (C=O) groups excluding carboxylic acids is 1. The lowest BCUT2D eigenvalue weighted by atomic mass is 10.0. The second kappa shape index (κ2) is 6.04. The van der Waals surface area contributed by atoms with Gasteiger partial charge in [-0.1, -0.05) is 28.6 Å². The summed E-state index contributed by atoms with van der Waals surface area (Å²) in [6.07, 6.45) is 0. The molecule has 0 aliphatic heterocycles. The molecule has 0 bridgehead atoms. The molecule has 0 radical (unpaired) electrons. The molecular formula is C15H14N2O3. The molecule has 20 heavy (non-hydrogen) atoms. The molecule has 1 amide bonds. The molecule has 1 aromatic carbocycles. The topological polar surface area (TPSA) is 75.4 Å². The van der Waals surface area contributed by atoms with Crippen molar-refractivity contribution in [1.82, 2.24) is 5.16 Å². The fraction of sp³-hybridized carbons (Fsp3) is 0.200. The van der Waals surface area contributed by atoms with E-state index in [1.807, 2.05) is 13.0 Å². The summed E-state index contributed by atoms with van der Waals surface area (Å²) in [6, 6.07) is 6.98. The molecule has 0 aliphatic carbocycles. The van der Waals surface area contributed by atoms with Crippen LogP contribution in [-0.2, 0) is 0 Å². The third kappa shape index (κ3) is 3.25. The summed E-state index contributed by atoms with van der Waals surface area (Å²) in [5.74, 6) is 5.95. The molecular weight excluding hydrogens is 256 g/mol. The Hall–Kier alpha value is -2.58. The molecule has 2 N–H and O–H groups in total. The second-order valence-electron chi connectivity index (χ2n) is 4.29. The number of aromatic nitrogens is 1. The summed E-state index contributed by atoms with van der Waals surface area (Å²) in [4.78, 5) is 12.2. The van der Waals surface area contributed by atoms with Crippen LogP contribution in [0.5, 0.6) is 0 Å². The van der Waals surface area contributed by atoms with Crippen LogP contribution in [0.15, 0.2) is 28.8 Å². The minimum atomic E-state index is -0.316. The van der Waals surface area contributed by atoms with Crippen LogP contribution in [0.25, 0.3) is 0 Å². The number of nitrogens with zero attached hydrogens (tertiary/aromatic N) is 1. The van der Waals surface area contributed by atoms with Crippen molar-refractivity contribution in [1.29, 1.82) is 0 Å². The molecule has 5 heteroatoms. The van der Waals surface area contributed by atoms with Crippen molar-refractivity contribution < 1.29 is 14.4 Å². The smallest absolute Gasteiger partial charge is 0.258 e. The highest BCUT2D eigenvalue weighted by atomic mass is 16.5. The van der Waals surface area contributed by atoms with Gasteiger partial charge in [0, 0.05) is 11.6 Å². The summed E-state index contributed by atoms with van der Waals surface area (Å²) < 4.78 is 4.89. The average molecular weight is 270 g/mol. The van der Waals surface area contributed by atoms with Crippen LogP contribution in [0.1, 0.15) is 27.2 Å². The van der Waals surface area contributed by atoms with E-state index in [9.17, 15) is 4.79 Å². The van der Waals surface area contributed by atoms with Crippen molar-refractivity contribution >= 4 is 11.7 Å². The van der Waals surface area contributed by atoms with Gasteiger partial charge in [0.25, 0.3) is 5.91 Å². The number of amides is 1. The summed E-state index contributed by atoms with van der Waals surface area (Å²) in [5.41, 5.74) is 1.94. The molecule has 0 unspecified atom stereocenters. The van der Waals surface area contributed by atoms with Gasteiger partial charge in [-0.15, -0.1) is 0 Å². The van der Waals surface area contributed by atoms with Gasteiger partial charge in [0.05, 0.1) is 5.56 Å². The van der Waals surface area contributed by atoms with Gasteiger partial charge < -0.3 is 14.9 Å². The summed E-state index contributed by atoms with van der Waals surface area (Å²) in [7, 11) is 0. The third-order valence-electron chi connectivity index (χ3n) is 2.59. The number of benzene rings is 1. The Bertz CT molecular complexity index is 693. The number of anilines is 1. The summed E-state index contributed by atoms with van der Waals surface area (Å²) >= 11 is 0. The minimum absolute atomic E-state index is 0.253. The zero-order valence-corrected chi connectivity index (χ0v) is 11.2. The molecule has 2 aromatic rings. The third-order valence-corrected chi connectivity index (χ3v) is 2.59. The van der Waals surface area contributed by atoms with Crippen molar-refractivity contribution in [3.63, 3.8) is 0 Å². The number of aliphatic hydroxyl groups is 1. The van der Waals surface area contributed by atoms with Crippen LogP contribution in [0, 0.1) is 25.7 Å². The lowest BCUT2D eigenvalue weighted by molar-refractivity contribution is 0.102. The SMILES string of the molecule is Cc1ccc(C#CCO)c(C(=O)Nc2cc(C)on2)c1. The van der Waals surface area contributed by atoms with Crippen LogP contribution >= 0.6 is 0 Å². The molecule has 1 aromatic heterocycles. The Kier molecular flexibility index (Phi) is 4.18. The van der Waals surface area contributed by atoms with Crippen molar-refractivity contribution in [2.24, 2.45) is 0 Å². The van der Waals surface area contributed by atoms with Crippen LogP contribution in [0.2, 0.25) is 0 Å². The minimum Gasteiger partial charge on any atom is -0.384 e. The Morgan fingerprint density at radius 3 is 2.85 bits per heavy atom. The van der Waals surface area contributed by atoms with E-state index in [1.54, 1.807) is 25.1 Å². The molecule has 0 saturated carbocycles. The molecule has 0 saturated heterocycles. The molecule has 0 spiro atoms. The molecule has 0 atom stereocenters. The Morgan fingerprint density at radius 2 is 2.20 bits per heavy atom. The monoisotopic (exact) mass is 270 g/mol. The number of hydrogen-bond donors (Lipinski definition) is 2. The van der Waals surface area contributed by atoms with Gasteiger partial charge in [-0.2, -0.15) is 0 Å². The predicted octanol–water partition coefficient (Wildman–Crippen LogP) is 1.89. The largest absolute Gasteiger partial charge is 0.384 e. The fourth-order valence-electron chi connectivity index (χ4n) is 1.70. The molecule has 0 fully saturated rings. The lowest BCUT2D eigenvalue weighted by Crippen LogP contribution is -2.14. The second-order valence-corrected chi connectivity index (χ2v) is 4.29. The number of hydrogen-bond acceptors (Lipinski definition) is 4. The van der Waals surface area contributed by atoms with Gasteiger partial charge in [0.15, 0.2) is 5.82 Å². The van der Waals surface area contributed by atoms with Crippen molar-refractivity contribution in [3.8, 4) is 11.8 Å². The molecule has 5 nitrogen and oxygen atoms in total. The zero-order chi connectivity index (χ0) is 14.5. The highest BCUT2D eigenvalue weighted by molar-refractivity contribution is 6.05. The van der Waals surface area contributed by atoms with Gasteiger partial charge in [-0.3, -0.25) is 4.79 Å². The molecule has 0 aliphatic rings. The van der Waals surface area contributed by atoms with E-state index >= 15 is 0 Å². The normalized spacial score (nSPS) is 9.75. The first-order valence-electron chi connectivity index (χ1n) is 6.05. The number of aryl methyl sites for hydroxylation is 2. The van der Waals surface area contributed by atoms with E-state index in [4.69, 9.17) is 9.63 Å². The van der Waals surface area contributed by atoms with Crippen LogP contribution in [0.3, 0.4) is 0 Å². The van der Waals surface area contributed by atoms with Crippen molar-refractivity contribution in [3.05, 3.63) is 46.7 Å². The fourth-order valence-corrected chi connectivity index (χ4v) is 1.70. The van der Waals surface area contributed by atoms with E-state index in [0.29, 0.717) is 22.7 Å². The first-order chi connectivity index (χ1) is 9.60. The number of nitrogens with one attached hydrogen (secondary N) is 1. The van der Waals surface area contributed by atoms with Gasteiger partial charge in [0.1, 0.15) is 12.4 Å². The van der Waals surface area contributed by atoms with Gasteiger partial charge in [-0.05, 0) is 26.0 Å². The van der Waals surface area contributed by atoms with Gasteiger partial charge in [0.2, 0.25) is 0 Å². The van der Waals surface area contributed by atoms with Crippen LogP contribution < -0.4 is 5.32 Å². The number of aliphatic hydroxyl groups excluding tert-OH is 1.